The number of hydrogen-bond donors (Lipinski definition) is 1. The Kier molecular flexibility index (Phi) is 6.77. The van der Waals surface area contributed by atoms with Crippen molar-refractivity contribution < 1.29 is 9.53 Å². The lowest BCUT2D eigenvalue weighted by atomic mass is 9.74. The molecule has 0 unspecified atom stereocenters. The topological polar surface area (TPSA) is 38.3 Å². The average Bonchev–Trinajstić information content (AvgIpc) is 2.54. The van der Waals surface area contributed by atoms with Gasteiger partial charge in [0.2, 0.25) is 5.91 Å². The van der Waals surface area contributed by atoms with Crippen LogP contribution >= 0.6 is 11.8 Å². The quantitative estimate of drug-likeness (QED) is 0.838. The van der Waals surface area contributed by atoms with Crippen molar-refractivity contribution in [1.82, 2.24) is 5.32 Å². The van der Waals surface area contributed by atoms with Crippen LogP contribution in [0.25, 0.3) is 0 Å². The third-order valence-corrected chi connectivity index (χ3v) is 5.51. The van der Waals surface area contributed by atoms with Crippen LogP contribution in [0.15, 0.2) is 30.3 Å². The van der Waals surface area contributed by atoms with Crippen molar-refractivity contribution in [3.05, 3.63) is 35.9 Å². The van der Waals surface area contributed by atoms with Gasteiger partial charge in [-0.2, -0.15) is 11.8 Å². The summed E-state index contributed by atoms with van der Waals surface area (Å²) in [6.45, 7) is 6.61. The van der Waals surface area contributed by atoms with Crippen molar-refractivity contribution >= 4 is 17.7 Å². The lowest BCUT2D eigenvalue weighted by Gasteiger charge is -2.38. The predicted octanol–water partition coefficient (Wildman–Crippen LogP) is 3.24. The van der Waals surface area contributed by atoms with Crippen LogP contribution in [-0.2, 0) is 14.9 Å². The lowest BCUT2D eigenvalue weighted by molar-refractivity contribution is -0.119. The van der Waals surface area contributed by atoms with Gasteiger partial charge >= 0.3 is 0 Å². The summed E-state index contributed by atoms with van der Waals surface area (Å²) in [5.41, 5.74) is 1.34. The fraction of sp³-hybridized carbons (Fsp3) is 0.611. The second kappa shape index (κ2) is 8.59. The maximum atomic E-state index is 12.1. The fourth-order valence-electron chi connectivity index (χ4n) is 2.83. The van der Waals surface area contributed by atoms with Crippen LogP contribution < -0.4 is 5.32 Å². The second-order valence-electron chi connectivity index (χ2n) is 6.44. The third kappa shape index (κ3) is 5.03. The number of benzene rings is 1. The number of amides is 1. The van der Waals surface area contributed by atoms with E-state index in [1.807, 2.05) is 6.07 Å². The van der Waals surface area contributed by atoms with Crippen molar-refractivity contribution in [1.29, 1.82) is 0 Å². The molecule has 0 atom stereocenters. The molecule has 1 aliphatic heterocycles. The predicted molar refractivity (Wildman–Crippen MR) is 93.3 cm³/mol. The van der Waals surface area contributed by atoms with Gasteiger partial charge in [-0.1, -0.05) is 44.2 Å². The van der Waals surface area contributed by atoms with E-state index < -0.39 is 0 Å². The Labute approximate surface area is 138 Å². The van der Waals surface area contributed by atoms with E-state index in [1.165, 1.54) is 5.56 Å². The molecule has 1 aliphatic rings. The molecule has 0 bridgehead atoms. The van der Waals surface area contributed by atoms with E-state index in [0.717, 1.165) is 31.8 Å². The molecule has 0 aliphatic carbocycles. The highest BCUT2D eigenvalue weighted by molar-refractivity contribution is 7.99. The number of thioether (sulfide) groups is 1. The Morgan fingerprint density at radius 3 is 2.59 bits per heavy atom. The van der Waals surface area contributed by atoms with Crippen LogP contribution in [-0.4, -0.2) is 37.2 Å². The first-order valence-corrected chi connectivity index (χ1v) is 9.25. The smallest absolute Gasteiger partial charge is 0.230 e. The highest BCUT2D eigenvalue weighted by atomic mass is 32.2. The van der Waals surface area contributed by atoms with Crippen molar-refractivity contribution in [2.75, 3.05) is 31.3 Å². The molecule has 1 amide bonds. The van der Waals surface area contributed by atoms with Gasteiger partial charge in [-0.25, -0.2) is 0 Å². The summed E-state index contributed by atoms with van der Waals surface area (Å²) in [5.74, 6) is 2.36. The first-order valence-electron chi connectivity index (χ1n) is 8.10. The molecule has 0 radical (unpaired) electrons. The number of hydrogen-bond acceptors (Lipinski definition) is 3. The second-order valence-corrected chi connectivity index (χ2v) is 7.47. The number of carbonyl (C=O) groups is 1. The van der Waals surface area contributed by atoms with Crippen LogP contribution in [0, 0.1) is 5.92 Å². The van der Waals surface area contributed by atoms with E-state index in [-0.39, 0.29) is 11.3 Å². The zero-order valence-electron chi connectivity index (χ0n) is 13.6. The Balaban J connectivity index is 1.92. The van der Waals surface area contributed by atoms with Crippen LogP contribution in [0.3, 0.4) is 0 Å². The monoisotopic (exact) mass is 321 g/mol. The van der Waals surface area contributed by atoms with E-state index in [2.05, 4.69) is 43.4 Å². The summed E-state index contributed by atoms with van der Waals surface area (Å²) >= 11 is 1.71. The molecular weight excluding hydrogens is 294 g/mol. The molecule has 2 rings (SSSR count). The molecule has 1 aromatic rings. The summed E-state index contributed by atoms with van der Waals surface area (Å²) in [7, 11) is 0. The number of nitrogens with one attached hydrogen (secondary N) is 1. The van der Waals surface area contributed by atoms with Crippen LogP contribution in [0.2, 0.25) is 0 Å². The minimum absolute atomic E-state index is 0.0257. The summed E-state index contributed by atoms with van der Waals surface area (Å²) in [5, 5.41) is 3.15. The van der Waals surface area contributed by atoms with Gasteiger partial charge in [0.1, 0.15) is 0 Å². The standard InChI is InChI=1S/C18H27NO2S/c1-15(2)12-22-13-17(20)19-14-18(8-10-21-11-9-18)16-6-4-3-5-7-16/h3-7,15H,8-14H2,1-2H3,(H,19,20). The fourth-order valence-corrected chi connectivity index (χ4v) is 3.70. The molecule has 0 aromatic heterocycles. The zero-order chi connectivity index (χ0) is 15.8. The molecule has 3 nitrogen and oxygen atoms in total. The Morgan fingerprint density at radius 2 is 1.95 bits per heavy atom. The molecule has 1 N–H and O–H groups in total. The molecule has 122 valence electrons. The van der Waals surface area contributed by atoms with Gasteiger partial charge in [0.05, 0.1) is 5.75 Å². The van der Waals surface area contributed by atoms with Gasteiger partial charge in [0.15, 0.2) is 0 Å². The Hall–Kier alpha value is -1.00. The van der Waals surface area contributed by atoms with E-state index in [9.17, 15) is 4.79 Å². The van der Waals surface area contributed by atoms with E-state index >= 15 is 0 Å². The largest absolute Gasteiger partial charge is 0.381 e. The minimum atomic E-state index is 0.0257. The summed E-state index contributed by atoms with van der Waals surface area (Å²) in [6.07, 6.45) is 1.94. The van der Waals surface area contributed by atoms with Gasteiger partial charge in [0.25, 0.3) is 0 Å². The number of rotatable bonds is 7. The van der Waals surface area contributed by atoms with Crippen LogP contribution in [0.5, 0.6) is 0 Å². The van der Waals surface area contributed by atoms with Crippen molar-refractivity contribution in [3.8, 4) is 0 Å². The highest BCUT2D eigenvalue weighted by Crippen LogP contribution is 2.34. The van der Waals surface area contributed by atoms with Gasteiger partial charge in [0, 0.05) is 25.2 Å². The summed E-state index contributed by atoms with van der Waals surface area (Å²) in [4.78, 5) is 12.1. The van der Waals surface area contributed by atoms with Gasteiger partial charge in [-0.3, -0.25) is 4.79 Å². The molecule has 22 heavy (non-hydrogen) atoms. The molecule has 0 spiro atoms. The summed E-state index contributed by atoms with van der Waals surface area (Å²) < 4.78 is 5.53. The van der Waals surface area contributed by atoms with Crippen LogP contribution in [0.1, 0.15) is 32.3 Å². The van der Waals surface area contributed by atoms with E-state index in [1.54, 1.807) is 11.8 Å². The minimum Gasteiger partial charge on any atom is -0.381 e. The first kappa shape index (κ1) is 17.4. The molecular formula is C18H27NO2S. The van der Waals surface area contributed by atoms with Gasteiger partial charge in [-0.15, -0.1) is 0 Å². The third-order valence-electron chi connectivity index (χ3n) is 4.14. The zero-order valence-corrected chi connectivity index (χ0v) is 14.5. The normalized spacial score (nSPS) is 17.4. The van der Waals surface area contributed by atoms with E-state index in [4.69, 9.17) is 4.74 Å². The molecule has 1 heterocycles. The van der Waals surface area contributed by atoms with Crippen molar-refractivity contribution in [3.63, 3.8) is 0 Å². The SMILES string of the molecule is CC(C)CSCC(=O)NCC1(c2ccccc2)CCOCC1. The summed E-state index contributed by atoms with van der Waals surface area (Å²) in [6, 6.07) is 10.5. The lowest BCUT2D eigenvalue weighted by Crippen LogP contribution is -2.45. The van der Waals surface area contributed by atoms with Crippen molar-refractivity contribution in [2.24, 2.45) is 5.92 Å². The van der Waals surface area contributed by atoms with Crippen LogP contribution in [0.4, 0.5) is 0 Å². The van der Waals surface area contributed by atoms with Gasteiger partial charge < -0.3 is 10.1 Å². The highest BCUT2D eigenvalue weighted by Gasteiger charge is 2.34. The Bertz CT molecular complexity index is 455. The molecule has 1 aromatic carbocycles. The molecule has 4 heteroatoms. The van der Waals surface area contributed by atoms with Crippen molar-refractivity contribution in [2.45, 2.75) is 32.1 Å². The first-order chi connectivity index (χ1) is 10.6. The number of ether oxygens (including phenoxy) is 1. The average molecular weight is 321 g/mol. The number of carbonyl (C=O) groups excluding carboxylic acids is 1. The maximum absolute atomic E-state index is 12.1. The molecule has 1 saturated heterocycles. The Morgan fingerprint density at radius 1 is 1.27 bits per heavy atom. The molecule has 0 saturated carbocycles. The molecule has 1 fully saturated rings. The van der Waals surface area contributed by atoms with Gasteiger partial charge in [-0.05, 0) is 30.1 Å². The maximum Gasteiger partial charge on any atom is 0.230 e. The van der Waals surface area contributed by atoms with E-state index in [0.29, 0.717) is 18.2 Å².